The molecule has 3 aromatic carbocycles. The Kier molecular flexibility index (Phi) is 7.74. The third-order valence-electron chi connectivity index (χ3n) is 7.82. The smallest absolute Gasteiger partial charge is 0.255 e. The Balaban J connectivity index is 1.29. The zero-order chi connectivity index (χ0) is 29.5. The van der Waals surface area contributed by atoms with Crippen molar-refractivity contribution in [2.45, 2.75) is 18.9 Å². The minimum Gasteiger partial charge on any atom is -0.337 e. The van der Waals surface area contributed by atoms with Gasteiger partial charge in [-0.3, -0.25) is 4.79 Å². The van der Waals surface area contributed by atoms with E-state index >= 15 is 0 Å². The average Bonchev–Trinajstić information content (AvgIpc) is 3.40. The molecule has 1 fully saturated rings. The van der Waals surface area contributed by atoms with Crippen LogP contribution in [0.3, 0.4) is 0 Å². The van der Waals surface area contributed by atoms with E-state index in [9.17, 15) is 13.6 Å². The van der Waals surface area contributed by atoms with Crippen LogP contribution in [0.1, 0.15) is 22.3 Å². The van der Waals surface area contributed by atoms with Gasteiger partial charge in [-0.2, -0.15) is 0 Å². The minimum absolute atomic E-state index is 0.0942. The predicted molar refractivity (Wildman–Crippen MR) is 162 cm³/mol. The molecule has 0 bridgehead atoms. The Hall–Kier alpha value is -3.79. The SMILES string of the molecule is CN(C)C1CCN(C(=O)c2ccc(Nc3ncc4c(n3)-c3ccc(Cl)cc3N(c3c(F)cccc3F)CC4)cc2Cl)C1. The van der Waals surface area contributed by atoms with Crippen molar-refractivity contribution in [3.05, 3.63) is 93.6 Å². The number of hydrogen-bond acceptors (Lipinski definition) is 6. The Labute approximate surface area is 252 Å². The molecule has 0 saturated carbocycles. The van der Waals surface area contributed by atoms with E-state index in [0.717, 1.165) is 12.0 Å². The number of amides is 1. The highest BCUT2D eigenvalue weighted by atomic mass is 35.5. The van der Waals surface area contributed by atoms with Crippen LogP contribution >= 0.6 is 23.2 Å². The van der Waals surface area contributed by atoms with Gasteiger partial charge in [-0.05, 0) is 81.0 Å². The van der Waals surface area contributed by atoms with Crippen LogP contribution in [0.15, 0.2) is 60.8 Å². The summed E-state index contributed by atoms with van der Waals surface area (Å²) in [5.41, 5.74) is 3.57. The summed E-state index contributed by atoms with van der Waals surface area (Å²) >= 11 is 12.9. The highest BCUT2D eigenvalue weighted by Gasteiger charge is 2.30. The third kappa shape index (κ3) is 5.40. The van der Waals surface area contributed by atoms with Gasteiger partial charge in [0.1, 0.15) is 17.3 Å². The Morgan fingerprint density at radius 1 is 1.05 bits per heavy atom. The number of rotatable bonds is 5. The molecule has 216 valence electrons. The number of benzene rings is 3. The van der Waals surface area contributed by atoms with Crippen LogP contribution in [-0.2, 0) is 6.42 Å². The highest BCUT2D eigenvalue weighted by Crippen LogP contribution is 2.42. The van der Waals surface area contributed by atoms with Crippen molar-refractivity contribution in [2.24, 2.45) is 0 Å². The number of hydrogen-bond donors (Lipinski definition) is 1. The van der Waals surface area contributed by atoms with Crippen LogP contribution in [0.4, 0.5) is 31.8 Å². The van der Waals surface area contributed by atoms with Gasteiger partial charge >= 0.3 is 0 Å². The summed E-state index contributed by atoms with van der Waals surface area (Å²) in [6, 6.07) is 14.5. The van der Waals surface area contributed by atoms with Crippen molar-refractivity contribution in [1.82, 2.24) is 19.8 Å². The number of likely N-dealkylation sites (tertiary alicyclic amines) is 1. The fraction of sp³-hybridized carbons (Fsp3) is 0.258. The standard InChI is InChI=1S/C31H28Cl2F2N6O/c1-39(2)21-11-12-40(17-21)30(42)22-9-7-20(15-24(22)33)37-31-36-16-18-10-13-41(29-25(34)4-3-5-26(29)35)27-14-19(32)6-8-23(27)28(18)38-31/h3-9,14-16,21H,10-13,17H2,1-2H3,(H,36,37,38). The first-order valence-electron chi connectivity index (χ1n) is 13.6. The molecule has 6 rings (SSSR count). The van der Waals surface area contributed by atoms with E-state index in [1.807, 2.05) is 19.0 Å². The number of nitrogens with zero attached hydrogens (tertiary/aromatic N) is 5. The number of fused-ring (bicyclic) bond motifs is 3. The quantitative estimate of drug-likeness (QED) is 0.265. The van der Waals surface area contributed by atoms with Crippen molar-refractivity contribution in [2.75, 3.05) is 43.9 Å². The van der Waals surface area contributed by atoms with E-state index in [1.54, 1.807) is 47.5 Å². The van der Waals surface area contributed by atoms with Crippen LogP contribution in [0.5, 0.6) is 0 Å². The first-order valence-corrected chi connectivity index (χ1v) is 14.3. The van der Waals surface area contributed by atoms with Gasteiger partial charge in [-0.25, -0.2) is 18.7 Å². The van der Waals surface area contributed by atoms with Gasteiger partial charge in [0, 0.05) is 48.1 Å². The number of carbonyl (C=O) groups excluding carboxylic acids is 1. The van der Waals surface area contributed by atoms with Gasteiger partial charge in [-0.1, -0.05) is 29.3 Å². The molecule has 1 unspecified atom stereocenters. The molecule has 0 aliphatic carbocycles. The maximum atomic E-state index is 14.9. The number of nitrogens with one attached hydrogen (secondary N) is 1. The van der Waals surface area contributed by atoms with Gasteiger partial charge in [0.05, 0.1) is 22.0 Å². The molecule has 4 aromatic rings. The van der Waals surface area contributed by atoms with Crippen LogP contribution < -0.4 is 10.2 Å². The lowest BCUT2D eigenvalue weighted by molar-refractivity contribution is 0.0783. The molecule has 0 radical (unpaired) electrons. The summed E-state index contributed by atoms with van der Waals surface area (Å²) in [5.74, 6) is -1.12. The monoisotopic (exact) mass is 608 g/mol. The van der Waals surface area contributed by atoms with Crippen molar-refractivity contribution >= 4 is 52.1 Å². The van der Waals surface area contributed by atoms with Crippen molar-refractivity contribution < 1.29 is 13.6 Å². The first kappa shape index (κ1) is 28.3. The molecule has 1 N–H and O–H groups in total. The molecule has 1 aromatic heterocycles. The first-order chi connectivity index (χ1) is 20.2. The summed E-state index contributed by atoms with van der Waals surface area (Å²) in [6.45, 7) is 1.65. The fourth-order valence-corrected chi connectivity index (χ4v) is 5.98. The summed E-state index contributed by atoms with van der Waals surface area (Å²) in [4.78, 5) is 28.0. The van der Waals surface area contributed by atoms with Crippen molar-refractivity contribution in [1.29, 1.82) is 0 Å². The van der Waals surface area contributed by atoms with Crippen molar-refractivity contribution in [3.8, 4) is 11.3 Å². The van der Waals surface area contributed by atoms with Gasteiger partial charge < -0.3 is 20.0 Å². The number of aromatic nitrogens is 2. The second-order valence-electron chi connectivity index (χ2n) is 10.7. The maximum absolute atomic E-state index is 14.9. The zero-order valence-corrected chi connectivity index (χ0v) is 24.6. The molecule has 3 heterocycles. The summed E-state index contributed by atoms with van der Waals surface area (Å²) in [5, 5.41) is 3.94. The van der Waals surface area contributed by atoms with Crippen LogP contribution in [0.2, 0.25) is 10.0 Å². The minimum atomic E-state index is -0.665. The molecule has 11 heteroatoms. The molecule has 42 heavy (non-hydrogen) atoms. The van der Waals surface area contributed by atoms with Gasteiger partial charge in [0.15, 0.2) is 0 Å². The Bertz CT molecular complexity index is 1660. The largest absolute Gasteiger partial charge is 0.337 e. The van der Waals surface area contributed by atoms with E-state index in [1.165, 1.54) is 18.2 Å². The average molecular weight is 610 g/mol. The molecular weight excluding hydrogens is 581 g/mol. The lowest BCUT2D eigenvalue weighted by atomic mass is 10.0. The molecule has 0 spiro atoms. The molecule has 1 atom stereocenters. The molecule has 1 saturated heterocycles. The zero-order valence-electron chi connectivity index (χ0n) is 23.0. The number of anilines is 4. The molecule has 7 nitrogen and oxygen atoms in total. The second-order valence-corrected chi connectivity index (χ2v) is 11.5. The number of carbonyl (C=O) groups is 1. The summed E-state index contributed by atoms with van der Waals surface area (Å²) in [6.07, 6.45) is 3.08. The number of halogens is 4. The molecular formula is C31H28Cl2F2N6O. The van der Waals surface area contributed by atoms with E-state index in [4.69, 9.17) is 28.2 Å². The lowest BCUT2D eigenvalue weighted by Crippen LogP contribution is -2.34. The van der Waals surface area contributed by atoms with Crippen LogP contribution in [-0.4, -0.2) is 65.4 Å². The molecule has 2 aliphatic heterocycles. The molecule has 1 amide bonds. The van der Waals surface area contributed by atoms with E-state index in [0.29, 0.717) is 76.3 Å². The van der Waals surface area contributed by atoms with Gasteiger partial charge in [-0.15, -0.1) is 0 Å². The highest BCUT2D eigenvalue weighted by molar-refractivity contribution is 6.34. The Morgan fingerprint density at radius 2 is 1.83 bits per heavy atom. The summed E-state index contributed by atoms with van der Waals surface area (Å²) < 4.78 is 29.7. The van der Waals surface area contributed by atoms with Gasteiger partial charge in [0.25, 0.3) is 5.91 Å². The number of likely N-dealkylation sites (N-methyl/N-ethyl adjacent to an activating group) is 1. The Morgan fingerprint density at radius 3 is 2.55 bits per heavy atom. The maximum Gasteiger partial charge on any atom is 0.255 e. The van der Waals surface area contributed by atoms with E-state index < -0.39 is 11.6 Å². The van der Waals surface area contributed by atoms with Gasteiger partial charge in [0.2, 0.25) is 5.95 Å². The number of para-hydroxylation sites is 1. The van der Waals surface area contributed by atoms with E-state index in [2.05, 4.69) is 15.2 Å². The second kappa shape index (κ2) is 11.5. The topological polar surface area (TPSA) is 64.6 Å². The lowest BCUT2D eigenvalue weighted by Gasteiger charge is -2.26. The normalized spacial score (nSPS) is 16.3. The van der Waals surface area contributed by atoms with Crippen LogP contribution in [0.25, 0.3) is 11.3 Å². The predicted octanol–water partition coefficient (Wildman–Crippen LogP) is 6.94. The van der Waals surface area contributed by atoms with Crippen LogP contribution in [0, 0.1) is 11.6 Å². The summed E-state index contributed by atoms with van der Waals surface area (Å²) in [7, 11) is 4.03. The van der Waals surface area contributed by atoms with E-state index in [-0.39, 0.29) is 11.6 Å². The van der Waals surface area contributed by atoms with Crippen molar-refractivity contribution in [3.63, 3.8) is 0 Å². The third-order valence-corrected chi connectivity index (χ3v) is 8.37. The fourth-order valence-electron chi connectivity index (χ4n) is 5.56. The molecule has 2 aliphatic rings.